The smallest absolute Gasteiger partial charge is 0.123 e. The summed E-state index contributed by atoms with van der Waals surface area (Å²) in [5, 5.41) is 6.37. The Morgan fingerprint density at radius 2 is 1.06 bits per heavy atom. The van der Waals surface area contributed by atoms with Crippen molar-refractivity contribution in [2.45, 2.75) is 12.8 Å². The maximum Gasteiger partial charge on any atom is 0.123 e. The molecule has 64 heavy (non-hydrogen) atoms. The van der Waals surface area contributed by atoms with Gasteiger partial charge in [0, 0.05) is 58.6 Å². The second kappa shape index (κ2) is 15.2. The summed E-state index contributed by atoms with van der Waals surface area (Å²) in [6, 6.07) is 71.0. The molecule has 0 amide bonds. The van der Waals surface area contributed by atoms with E-state index in [9.17, 15) is 0 Å². The van der Waals surface area contributed by atoms with Crippen LogP contribution in [0.2, 0.25) is 0 Å². The van der Waals surface area contributed by atoms with Gasteiger partial charge in [0.1, 0.15) is 5.84 Å². The third-order valence-electron chi connectivity index (χ3n) is 13.1. The zero-order chi connectivity index (χ0) is 42.1. The van der Waals surface area contributed by atoms with E-state index in [0.717, 1.165) is 34.4 Å². The maximum atomic E-state index is 5.52. The molecule has 0 N–H and O–H groups in total. The van der Waals surface area contributed by atoms with Crippen molar-refractivity contribution in [1.82, 2.24) is 13.7 Å². The summed E-state index contributed by atoms with van der Waals surface area (Å²) in [5.41, 5.74) is 17.1. The zero-order valence-corrected chi connectivity index (χ0v) is 37.2. The summed E-state index contributed by atoms with van der Waals surface area (Å²) in [6.07, 6.45) is 9.09. The molecular weight excluding hydrogens is 892 g/mol. The van der Waals surface area contributed by atoms with Crippen molar-refractivity contribution in [3.8, 4) is 22.5 Å². The van der Waals surface area contributed by atoms with Crippen LogP contribution in [0.25, 0.3) is 88.8 Å². The molecule has 4 nitrogen and oxygen atoms in total. The minimum atomic E-state index is -0.359. The molecule has 0 bridgehead atoms. The van der Waals surface area contributed by atoms with Crippen LogP contribution in [-0.4, -0.2) is 27.5 Å². The molecule has 0 atom stereocenters. The summed E-state index contributed by atoms with van der Waals surface area (Å²) in [6.45, 7) is 0. The van der Waals surface area contributed by atoms with Gasteiger partial charge >= 0.3 is 0 Å². The lowest BCUT2D eigenvalue weighted by molar-refractivity contribution is 0.888. The zero-order valence-electron chi connectivity index (χ0n) is 35.0. The first-order valence-electron chi connectivity index (χ1n) is 22.1. The molecule has 0 fully saturated rings. The number of halogens is 1. The van der Waals surface area contributed by atoms with E-state index in [0.29, 0.717) is 0 Å². The Morgan fingerprint density at radius 3 is 1.83 bits per heavy atom. The van der Waals surface area contributed by atoms with Gasteiger partial charge in [0.15, 0.2) is 0 Å². The first kappa shape index (κ1) is 37.2. The second-order valence-corrected chi connectivity index (χ2v) is 19.4. The lowest BCUT2D eigenvalue weighted by Crippen LogP contribution is -2.13. The number of fused-ring (bicyclic) bond motifs is 10. The van der Waals surface area contributed by atoms with E-state index < -0.39 is 0 Å². The molecule has 0 spiro atoms. The lowest BCUT2D eigenvalue weighted by Gasteiger charge is -2.14. The predicted octanol–water partition coefficient (Wildman–Crippen LogP) is 15.0. The summed E-state index contributed by atoms with van der Waals surface area (Å²) >= 11 is -0.359. The normalized spacial score (nSPS) is 14.1. The molecule has 8 aromatic carbocycles. The molecule has 5 heteroatoms. The van der Waals surface area contributed by atoms with E-state index in [-0.39, 0.29) is 20.7 Å². The van der Waals surface area contributed by atoms with Gasteiger partial charge in [0.25, 0.3) is 0 Å². The number of rotatable bonds is 5. The van der Waals surface area contributed by atoms with Gasteiger partial charge in [-0.05, 0) is 90.2 Å². The van der Waals surface area contributed by atoms with Crippen molar-refractivity contribution in [1.29, 1.82) is 0 Å². The molecule has 3 aromatic heterocycles. The molecule has 4 heterocycles. The van der Waals surface area contributed by atoms with Gasteiger partial charge in [0.05, 0.1) is 37.7 Å². The van der Waals surface area contributed by atoms with Gasteiger partial charge in [-0.2, -0.15) is 0 Å². The summed E-state index contributed by atoms with van der Waals surface area (Å²) in [5.74, 6) is 1.11. The third kappa shape index (κ3) is 5.95. The molecule has 304 valence electrons. The first-order valence-corrected chi connectivity index (χ1v) is 24.7. The Bertz CT molecular complexity index is 3770. The molecule has 0 radical (unpaired) electrons. The number of aromatic nitrogens is 3. The van der Waals surface area contributed by atoms with Crippen molar-refractivity contribution in [2.75, 3.05) is 4.43 Å². The number of aliphatic imine (C=N–C) groups is 1. The first-order chi connectivity index (χ1) is 31.8. The average molecular weight is 933 g/mol. The van der Waals surface area contributed by atoms with Gasteiger partial charge < -0.3 is 9.13 Å². The molecule has 0 unspecified atom stereocenters. The van der Waals surface area contributed by atoms with E-state index in [1.54, 1.807) is 0 Å². The molecule has 2 aliphatic rings. The Balaban J connectivity index is 0.929. The number of nitrogens with zero attached hydrogens (tertiary/aromatic N) is 4. The highest BCUT2D eigenvalue weighted by Crippen LogP contribution is 2.43. The monoisotopic (exact) mass is 932 g/mol. The van der Waals surface area contributed by atoms with E-state index >= 15 is 0 Å². The SMILES string of the molecule is C1=Cc2c(n(-c3ccc(-c4ccc5c(c4)c4ccccc4n5C4=NC(c5ccccc5)=CC(c5ccccc5)=IC4)cc3)c3ccc4c5ccccc5n(-c5ccccc5)c4c23)CC1. The number of benzene rings is 8. The van der Waals surface area contributed by atoms with Crippen LogP contribution in [0.3, 0.4) is 0 Å². The molecule has 0 saturated heterocycles. The Hall–Kier alpha value is -7.35. The molecule has 0 saturated carbocycles. The Labute approximate surface area is 381 Å². The van der Waals surface area contributed by atoms with Crippen LogP contribution in [0, 0.1) is 0 Å². The number of para-hydroxylation sites is 3. The van der Waals surface area contributed by atoms with Gasteiger partial charge in [-0.15, -0.1) is 20.7 Å². The number of allylic oxidation sites excluding steroid dienone is 2. The van der Waals surface area contributed by atoms with Crippen molar-refractivity contribution in [2.24, 2.45) is 4.99 Å². The fraction of sp³-hybridized carbons (Fsp3) is 0.0508. The number of alkyl halides is 1. The number of hydrogen-bond donors (Lipinski definition) is 0. The summed E-state index contributed by atoms with van der Waals surface area (Å²) in [7, 11) is 0. The topological polar surface area (TPSA) is 27.1 Å². The minimum absolute atomic E-state index is 0.359. The van der Waals surface area contributed by atoms with Crippen LogP contribution in [0.4, 0.5) is 0 Å². The summed E-state index contributed by atoms with van der Waals surface area (Å²) < 4.78 is 9.78. The van der Waals surface area contributed by atoms with E-state index in [1.807, 2.05) is 0 Å². The minimum Gasteiger partial charge on any atom is -0.313 e. The van der Waals surface area contributed by atoms with Gasteiger partial charge in [-0.3, -0.25) is 4.57 Å². The fourth-order valence-electron chi connectivity index (χ4n) is 10.2. The van der Waals surface area contributed by atoms with E-state index in [4.69, 9.17) is 4.99 Å². The Morgan fingerprint density at radius 1 is 0.453 bits per heavy atom. The highest BCUT2D eigenvalue weighted by atomic mass is 127. The third-order valence-corrected chi connectivity index (χ3v) is 15.9. The second-order valence-electron chi connectivity index (χ2n) is 16.7. The fourth-order valence-corrected chi connectivity index (χ4v) is 12.8. The molecule has 13 rings (SSSR count). The van der Waals surface area contributed by atoms with E-state index in [1.165, 1.54) is 97.3 Å². The lowest BCUT2D eigenvalue weighted by atomic mass is 10.0. The van der Waals surface area contributed by atoms with Gasteiger partial charge in [-0.25, -0.2) is 4.99 Å². The highest BCUT2D eigenvalue weighted by Gasteiger charge is 2.25. The molecule has 1 aliphatic heterocycles. The van der Waals surface area contributed by atoms with Crippen LogP contribution in [-0.2, 0) is 6.42 Å². The highest BCUT2D eigenvalue weighted by molar-refractivity contribution is 14.2. The van der Waals surface area contributed by atoms with Gasteiger partial charge in [0.2, 0.25) is 0 Å². The van der Waals surface area contributed by atoms with Crippen molar-refractivity contribution in [3.05, 3.63) is 229 Å². The molecule has 11 aromatic rings. The molecular formula is C59H41IN4. The van der Waals surface area contributed by atoms with Crippen LogP contribution in [0.15, 0.2) is 211 Å². The van der Waals surface area contributed by atoms with Crippen molar-refractivity contribution in [3.63, 3.8) is 0 Å². The predicted molar refractivity (Wildman–Crippen MR) is 280 cm³/mol. The number of hydrogen-bond acceptors (Lipinski definition) is 1. The maximum absolute atomic E-state index is 5.52. The Kier molecular flexibility index (Phi) is 8.83. The largest absolute Gasteiger partial charge is 0.313 e. The van der Waals surface area contributed by atoms with Crippen LogP contribution >= 0.6 is 20.7 Å². The van der Waals surface area contributed by atoms with E-state index in [2.05, 4.69) is 226 Å². The summed E-state index contributed by atoms with van der Waals surface area (Å²) in [4.78, 5) is 5.52. The van der Waals surface area contributed by atoms with Crippen molar-refractivity contribution < 1.29 is 0 Å². The molecule has 1 aliphatic carbocycles. The van der Waals surface area contributed by atoms with Crippen molar-refractivity contribution >= 4 is 96.4 Å². The quantitative estimate of drug-likeness (QED) is 0.121. The van der Waals surface area contributed by atoms with Crippen LogP contribution in [0.1, 0.15) is 28.8 Å². The standard InChI is InChI=1S/C59H41IN4/c1-4-16-40(17-5-1)50-37-51(41-18-6-2-7-19-41)61-57(38-60-50)64-53-26-14-11-23-46(53)49-36-42(30-34-55(49)64)39-28-31-44(32-29-39)62-54-27-15-12-24-48(54)58-56(62)35-33-47-45-22-10-13-25-52(45)63(59(47)58)43-20-8-3-9-21-43/h1-14,16-26,28-37H,15,27,38H2. The van der Waals surface area contributed by atoms with Crippen LogP contribution in [0.5, 0.6) is 0 Å². The average Bonchev–Trinajstić information content (AvgIpc) is 3.94. The van der Waals surface area contributed by atoms with Crippen LogP contribution < -0.4 is 0 Å². The van der Waals surface area contributed by atoms with Gasteiger partial charge in [-0.1, -0.05) is 152 Å².